The lowest BCUT2D eigenvalue weighted by Gasteiger charge is -2.32. The Balaban J connectivity index is 2.86. The molecular weight excluding hydrogens is 1450 g/mol. The molecule has 0 aliphatic carbocycles. The quantitative estimate of drug-likeness (QED) is 0.0760. The molecular formula is C33H40I6N6O13. The predicted molar refractivity (Wildman–Crippen MR) is 261 cm³/mol. The highest BCUT2D eigenvalue weighted by Crippen LogP contribution is 2.40. The number of hydrogen-bond donors (Lipinski definition) is 11. The lowest BCUT2D eigenvalue weighted by Crippen LogP contribution is -2.46. The third-order valence-electron chi connectivity index (χ3n) is 7.93. The van der Waals surface area contributed by atoms with E-state index >= 15 is 0 Å². The van der Waals surface area contributed by atoms with Crippen LogP contribution in [0.1, 0.15) is 55.3 Å². The van der Waals surface area contributed by atoms with E-state index in [1.54, 1.807) is 45.2 Å². The molecule has 58 heavy (non-hydrogen) atoms. The Morgan fingerprint density at radius 2 is 0.776 bits per heavy atom. The topological polar surface area (TPSA) is 299 Å². The van der Waals surface area contributed by atoms with Crippen molar-refractivity contribution in [1.29, 1.82) is 0 Å². The summed E-state index contributed by atoms with van der Waals surface area (Å²) in [5, 5.41) is 79.0. The fourth-order valence-corrected chi connectivity index (χ4v) is 14.6. The van der Waals surface area contributed by atoms with E-state index in [1.165, 1.54) is 13.8 Å². The van der Waals surface area contributed by atoms with Gasteiger partial charge in [-0.3, -0.25) is 28.8 Å². The number of halogens is 6. The zero-order valence-corrected chi connectivity index (χ0v) is 43.5. The average Bonchev–Trinajstić information content (AvgIpc) is 3.16. The fourth-order valence-electron chi connectivity index (χ4n) is 5.14. The Bertz CT molecular complexity index is 1750. The van der Waals surface area contributed by atoms with Gasteiger partial charge in [0.05, 0.1) is 119 Å². The first-order valence-corrected chi connectivity index (χ1v) is 23.2. The summed E-state index contributed by atoms with van der Waals surface area (Å²) < 4.78 is 0.979. The molecule has 0 saturated carbocycles. The van der Waals surface area contributed by atoms with E-state index in [0.717, 1.165) is 9.80 Å². The minimum absolute atomic E-state index is 0.0360. The molecule has 19 nitrogen and oxygen atoms in total. The van der Waals surface area contributed by atoms with Crippen molar-refractivity contribution in [2.75, 3.05) is 75.6 Å². The summed E-state index contributed by atoms with van der Waals surface area (Å²) in [6.07, 6.45) is -1.57. The highest BCUT2D eigenvalue weighted by atomic mass is 127. The maximum atomic E-state index is 13.6. The third-order valence-corrected chi connectivity index (χ3v) is 14.3. The number of amides is 6. The molecule has 2 rings (SSSR count). The van der Waals surface area contributed by atoms with Crippen molar-refractivity contribution in [2.24, 2.45) is 0 Å². The van der Waals surface area contributed by atoms with Crippen LogP contribution in [0.5, 0.6) is 0 Å². The summed E-state index contributed by atoms with van der Waals surface area (Å²) in [5.41, 5.74) is -0.195. The van der Waals surface area contributed by atoms with E-state index in [-0.39, 0.29) is 68.1 Å². The second-order valence-corrected chi connectivity index (χ2v) is 18.5. The van der Waals surface area contributed by atoms with Crippen molar-refractivity contribution >= 4 is 182 Å². The Labute approximate surface area is 414 Å². The summed E-state index contributed by atoms with van der Waals surface area (Å²) in [6, 6.07) is -2.13. The van der Waals surface area contributed by atoms with Crippen molar-refractivity contribution in [3.63, 3.8) is 0 Å². The van der Waals surface area contributed by atoms with Crippen LogP contribution < -0.4 is 31.1 Å². The van der Waals surface area contributed by atoms with Gasteiger partial charge in [0.2, 0.25) is 11.8 Å². The van der Waals surface area contributed by atoms with Gasteiger partial charge in [-0.25, -0.2) is 0 Å². The van der Waals surface area contributed by atoms with E-state index in [1.807, 2.05) is 90.4 Å². The van der Waals surface area contributed by atoms with E-state index < -0.39 is 106 Å². The molecule has 0 heterocycles. The van der Waals surface area contributed by atoms with Crippen molar-refractivity contribution in [1.82, 2.24) is 21.3 Å². The van der Waals surface area contributed by atoms with Crippen LogP contribution in [0.3, 0.4) is 0 Å². The van der Waals surface area contributed by atoms with Crippen molar-refractivity contribution in [2.45, 2.75) is 32.0 Å². The number of nitrogens with zero attached hydrogens (tertiary/aromatic N) is 2. The second kappa shape index (κ2) is 25.5. The molecule has 0 aromatic heterocycles. The van der Waals surface area contributed by atoms with Gasteiger partial charge < -0.3 is 66.8 Å². The SMILES string of the molecule is CC(=O)N(CC(O)CN(C(C)=O)c1c(I)c(C(=O)NCCO)c(I)c(C(=O)NC(CO)CO)c1I)c1c(I)c(C(=O)NCCO)c(I)c(C(=O)NC(CO)CO)c1I. The number of aliphatic hydroxyl groups excluding tert-OH is 7. The Morgan fingerprint density at radius 1 is 0.500 bits per heavy atom. The summed E-state index contributed by atoms with van der Waals surface area (Å²) in [6.45, 7) is -2.23. The Kier molecular flexibility index (Phi) is 23.5. The number of aliphatic hydroxyl groups is 7. The van der Waals surface area contributed by atoms with Gasteiger partial charge in [-0.05, 0) is 136 Å². The molecule has 0 unspecified atom stereocenters. The van der Waals surface area contributed by atoms with E-state index in [0.29, 0.717) is 0 Å². The molecule has 0 aliphatic heterocycles. The van der Waals surface area contributed by atoms with Crippen LogP contribution in [0.15, 0.2) is 0 Å². The zero-order valence-electron chi connectivity index (χ0n) is 30.5. The first kappa shape index (κ1) is 53.5. The zero-order chi connectivity index (χ0) is 44.2. The highest BCUT2D eigenvalue weighted by Gasteiger charge is 2.35. The highest BCUT2D eigenvalue weighted by molar-refractivity contribution is 14.1. The third kappa shape index (κ3) is 13.2. The number of hydrogen-bond acceptors (Lipinski definition) is 13. The molecule has 11 N–H and O–H groups in total. The first-order chi connectivity index (χ1) is 27.3. The van der Waals surface area contributed by atoms with Crippen LogP contribution >= 0.6 is 136 Å². The number of benzene rings is 2. The lowest BCUT2D eigenvalue weighted by molar-refractivity contribution is -0.117. The molecule has 2 aromatic rings. The largest absolute Gasteiger partial charge is 0.395 e. The molecule has 0 aliphatic rings. The van der Waals surface area contributed by atoms with Crippen LogP contribution in [0.25, 0.3) is 0 Å². The molecule has 6 amide bonds. The number of carbonyl (C=O) groups excluding carboxylic acids is 6. The predicted octanol–water partition coefficient (Wildman–Crippen LogP) is -0.309. The number of nitrogens with one attached hydrogen (secondary N) is 4. The molecule has 0 spiro atoms. The molecule has 25 heteroatoms. The number of carbonyl (C=O) groups is 6. The van der Waals surface area contributed by atoms with Crippen molar-refractivity contribution in [3.8, 4) is 0 Å². The maximum Gasteiger partial charge on any atom is 0.253 e. The molecule has 2 aromatic carbocycles. The molecule has 322 valence electrons. The normalized spacial score (nSPS) is 11.2. The summed E-state index contributed by atoms with van der Waals surface area (Å²) in [4.78, 5) is 83.3. The molecule has 0 bridgehead atoms. The van der Waals surface area contributed by atoms with Crippen molar-refractivity contribution in [3.05, 3.63) is 43.7 Å². The summed E-state index contributed by atoms with van der Waals surface area (Å²) in [5.74, 6) is -4.29. The minimum Gasteiger partial charge on any atom is -0.395 e. The monoisotopic (exact) mass is 1490 g/mol. The number of rotatable bonds is 20. The number of anilines is 2. The van der Waals surface area contributed by atoms with Crippen LogP contribution in [-0.4, -0.2) is 155 Å². The van der Waals surface area contributed by atoms with Gasteiger partial charge in [-0.1, -0.05) is 0 Å². The van der Waals surface area contributed by atoms with Crippen molar-refractivity contribution < 1.29 is 64.5 Å². The van der Waals surface area contributed by atoms with Gasteiger partial charge in [0.1, 0.15) is 0 Å². The van der Waals surface area contributed by atoms with Gasteiger partial charge in [0, 0.05) is 34.1 Å². The molecule has 0 radical (unpaired) electrons. The van der Waals surface area contributed by atoms with E-state index in [4.69, 9.17) is 0 Å². The molecule has 0 atom stereocenters. The standard InChI is InChI=1S/C33H40I6N6O13/c1-13(52)44(28-24(36)18(30(55)40-3-5-46)22(34)20(26(28)38)32(57)42-15(9-48)10-49)7-17(54)8-45(14(2)53)29-25(37)19(31(56)41-4-6-47)23(35)21(27(29)39)33(58)43-16(11-50)12-51/h15-17,46-51,54H,3-12H2,1-2H3,(H,40,55)(H,41,56)(H,42,57)(H,43,58). The Hall–Kier alpha value is -0.640. The minimum atomic E-state index is -1.57. The smallest absolute Gasteiger partial charge is 0.253 e. The van der Waals surface area contributed by atoms with Crippen LogP contribution in [0, 0.1) is 21.4 Å². The Morgan fingerprint density at radius 3 is 1.02 bits per heavy atom. The van der Waals surface area contributed by atoms with Gasteiger partial charge in [-0.2, -0.15) is 0 Å². The fraction of sp³-hybridized carbons (Fsp3) is 0.455. The second-order valence-electron chi connectivity index (χ2n) is 12.0. The van der Waals surface area contributed by atoms with Gasteiger partial charge in [0.15, 0.2) is 0 Å². The lowest BCUT2D eigenvalue weighted by atomic mass is 10.0. The molecule has 0 fully saturated rings. The van der Waals surface area contributed by atoms with Gasteiger partial charge in [0.25, 0.3) is 23.6 Å². The average molecular weight is 1490 g/mol. The van der Waals surface area contributed by atoms with Crippen LogP contribution in [-0.2, 0) is 9.59 Å². The van der Waals surface area contributed by atoms with Gasteiger partial charge in [-0.15, -0.1) is 0 Å². The van der Waals surface area contributed by atoms with Crippen LogP contribution in [0.2, 0.25) is 0 Å². The van der Waals surface area contributed by atoms with E-state index in [9.17, 15) is 64.5 Å². The maximum absolute atomic E-state index is 13.6. The van der Waals surface area contributed by atoms with E-state index in [2.05, 4.69) is 21.3 Å². The first-order valence-electron chi connectivity index (χ1n) is 16.8. The van der Waals surface area contributed by atoms with Crippen LogP contribution in [0.4, 0.5) is 11.4 Å². The molecule has 0 saturated heterocycles. The van der Waals surface area contributed by atoms with Gasteiger partial charge >= 0.3 is 0 Å². The summed E-state index contributed by atoms with van der Waals surface area (Å²) in [7, 11) is 0. The summed E-state index contributed by atoms with van der Waals surface area (Å²) >= 11 is 10.8.